The van der Waals surface area contributed by atoms with Crippen LogP contribution in [0.2, 0.25) is 0 Å². The molecule has 0 saturated heterocycles. The number of aromatic nitrogens is 2. The number of anilines is 4. The summed E-state index contributed by atoms with van der Waals surface area (Å²) in [5.41, 5.74) is 1.80. The van der Waals surface area contributed by atoms with Gasteiger partial charge in [-0.3, -0.25) is 9.59 Å². The molecule has 0 saturated carbocycles. The van der Waals surface area contributed by atoms with E-state index in [0.717, 1.165) is 10.8 Å². The lowest BCUT2D eigenvalue weighted by Gasteiger charge is -2.45. The van der Waals surface area contributed by atoms with E-state index in [9.17, 15) is 9.59 Å². The fourth-order valence-corrected chi connectivity index (χ4v) is 5.21. The molecule has 2 heterocycles. The molecule has 1 aliphatic heterocycles. The molecule has 184 valence electrons. The molecule has 3 rings (SSSR count). The van der Waals surface area contributed by atoms with Crippen molar-refractivity contribution in [3.05, 3.63) is 12.1 Å². The maximum Gasteiger partial charge on any atom is 0.431 e. The van der Waals surface area contributed by atoms with Crippen molar-refractivity contribution in [2.75, 3.05) is 34.1 Å². The van der Waals surface area contributed by atoms with Gasteiger partial charge in [0.05, 0.1) is 22.2 Å². The lowest BCUT2D eigenvalue weighted by Crippen LogP contribution is -2.57. The van der Waals surface area contributed by atoms with Crippen LogP contribution in [0.5, 0.6) is 0 Å². The van der Waals surface area contributed by atoms with Crippen molar-refractivity contribution in [1.29, 1.82) is 0 Å². The molecule has 0 bridgehead atoms. The smallest absolute Gasteiger partial charge is 0.359 e. The summed E-state index contributed by atoms with van der Waals surface area (Å²) < 4.78 is 1.70. The summed E-state index contributed by atoms with van der Waals surface area (Å²) in [6.07, 6.45) is 0. The van der Waals surface area contributed by atoms with Crippen LogP contribution in [-0.4, -0.2) is 48.6 Å². The molecule has 0 fully saturated rings. The summed E-state index contributed by atoms with van der Waals surface area (Å²) in [7, 11) is 5.45. The van der Waals surface area contributed by atoms with Crippen molar-refractivity contribution in [2.24, 2.45) is 17.3 Å². The Morgan fingerprint density at radius 1 is 1.15 bits per heavy atom. The Kier molecular flexibility index (Phi) is 6.97. The van der Waals surface area contributed by atoms with Crippen molar-refractivity contribution in [3.63, 3.8) is 0 Å². The maximum atomic E-state index is 12.9. The number of hydrogen-bond acceptors (Lipinski definition) is 8. The highest BCUT2D eigenvalue weighted by Crippen LogP contribution is 2.44. The van der Waals surface area contributed by atoms with E-state index in [1.54, 1.807) is 22.7 Å². The van der Waals surface area contributed by atoms with Gasteiger partial charge in [-0.25, -0.2) is 0 Å². The number of amides is 2. The summed E-state index contributed by atoms with van der Waals surface area (Å²) in [5, 5.41) is 17.9. The topological polar surface area (TPSA) is 97.4 Å². The van der Waals surface area contributed by atoms with E-state index in [0.29, 0.717) is 22.2 Å². The van der Waals surface area contributed by atoms with Crippen molar-refractivity contribution >= 4 is 56.2 Å². The summed E-state index contributed by atoms with van der Waals surface area (Å²) in [6.45, 7) is 13.7. The number of aryl methyl sites for hydroxylation is 1. The number of rotatable bonds is 6. The van der Waals surface area contributed by atoms with E-state index in [1.807, 2.05) is 38.9 Å². The van der Waals surface area contributed by atoms with E-state index in [-0.39, 0.29) is 23.9 Å². The minimum Gasteiger partial charge on any atom is -0.359 e. The number of benzene rings is 1. The standard InChI is InChI=1S/C23H34N8O2S/c1-13(2)31(14(3)4)22-27-30(10)21(34-22)26-25-17-12-18-19(11-16(17)24-15(5)32)29(9)23(6,7)20(33)28(18)8/h11-14H,1-10H3/p+1. The Labute approximate surface area is 205 Å². The summed E-state index contributed by atoms with van der Waals surface area (Å²) in [6, 6.07) is 4.20. The monoisotopic (exact) mass is 487 g/mol. The number of fused-ring (bicyclic) bond motifs is 1. The SMILES string of the molecule is CC(=O)Nc1cc2c(cc1N=Nc1sc(N(C(C)C)C(C)C)n[n+]1C)N(C)C(=O)C(C)(C)N2C. The third-order valence-corrected chi connectivity index (χ3v) is 7.07. The number of azo groups is 1. The third kappa shape index (κ3) is 4.61. The van der Waals surface area contributed by atoms with Gasteiger partial charge in [0.1, 0.15) is 18.3 Å². The predicted octanol–water partition coefficient (Wildman–Crippen LogP) is 4.16. The van der Waals surface area contributed by atoms with Gasteiger partial charge >= 0.3 is 5.13 Å². The fraction of sp³-hybridized carbons (Fsp3) is 0.565. The van der Waals surface area contributed by atoms with Crippen molar-refractivity contribution in [3.8, 4) is 0 Å². The summed E-state index contributed by atoms with van der Waals surface area (Å²) in [5.74, 6) is -0.243. The lowest BCUT2D eigenvalue weighted by molar-refractivity contribution is -0.712. The quantitative estimate of drug-likeness (QED) is 0.488. The third-order valence-electron chi connectivity index (χ3n) is 6.06. The fourth-order valence-electron chi connectivity index (χ4n) is 4.10. The maximum absolute atomic E-state index is 12.9. The van der Waals surface area contributed by atoms with E-state index >= 15 is 0 Å². The Balaban J connectivity index is 2.07. The molecule has 34 heavy (non-hydrogen) atoms. The molecule has 0 unspecified atom stereocenters. The minimum absolute atomic E-state index is 0.0290. The van der Waals surface area contributed by atoms with Crippen LogP contribution < -0.4 is 24.7 Å². The summed E-state index contributed by atoms with van der Waals surface area (Å²) in [4.78, 5) is 30.6. The van der Waals surface area contributed by atoms with Gasteiger partial charge in [0, 0.05) is 33.1 Å². The van der Waals surface area contributed by atoms with E-state index in [2.05, 4.69) is 53.2 Å². The van der Waals surface area contributed by atoms with Gasteiger partial charge in [0.15, 0.2) is 0 Å². The highest BCUT2D eigenvalue weighted by atomic mass is 32.1. The zero-order valence-electron chi connectivity index (χ0n) is 21.7. The number of nitrogens with one attached hydrogen (secondary N) is 1. The minimum atomic E-state index is -0.718. The first-order valence-corrected chi connectivity index (χ1v) is 12.1. The van der Waals surface area contributed by atoms with Crippen molar-refractivity contribution in [1.82, 2.24) is 5.10 Å². The molecule has 1 aromatic carbocycles. The molecular formula is C23H35N8O2S+. The Hall–Kier alpha value is -3.08. The number of hydrogen-bond donors (Lipinski definition) is 1. The van der Waals surface area contributed by atoms with Gasteiger partial charge in [0.2, 0.25) is 11.0 Å². The van der Waals surface area contributed by atoms with Gasteiger partial charge in [-0.2, -0.15) is 0 Å². The molecule has 1 aliphatic rings. The van der Waals surface area contributed by atoms with Crippen LogP contribution in [0.4, 0.5) is 33.0 Å². The van der Waals surface area contributed by atoms with Gasteiger partial charge in [-0.1, -0.05) is 5.10 Å². The molecule has 11 heteroatoms. The normalized spacial score (nSPS) is 15.5. The average Bonchev–Trinajstić information content (AvgIpc) is 3.08. The Morgan fingerprint density at radius 2 is 1.76 bits per heavy atom. The Morgan fingerprint density at radius 3 is 2.32 bits per heavy atom. The second-order valence-corrected chi connectivity index (χ2v) is 10.5. The first-order valence-electron chi connectivity index (χ1n) is 11.3. The molecule has 10 nitrogen and oxygen atoms in total. The van der Waals surface area contributed by atoms with Crippen LogP contribution in [0.25, 0.3) is 0 Å². The van der Waals surface area contributed by atoms with Crippen LogP contribution in [-0.2, 0) is 16.6 Å². The molecule has 0 atom stereocenters. The molecule has 0 aliphatic carbocycles. The van der Waals surface area contributed by atoms with Crippen molar-refractivity contribution < 1.29 is 14.3 Å². The zero-order valence-corrected chi connectivity index (χ0v) is 22.5. The summed E-state index contributed by atoms with van der Waals surface area (Å²) >= 11 is 1.45. The molecule has 2 aromatic rings. The average molecular weight is 488 g/mol. The number of carbonyl (C=O) groups is 2. The number of likely N-dealkylation sites (N-methyl/N-ethyl adjacent to an activating group) is 2. The first-order chi connectivity index (χ1) is 15.7. The van der Waals surface area contributed by atoms with Crippen LogP contribution in [0.1, 0.15) is 48.5 Å². The van der Waals surface area contributed by atoms with Crippen LogP contribution in [0, 0.1) is 0 Å². The lowest BCUT2D eigenvalue weighted by atomic mass is 9.95. The van der Waals surface area contributed by atoms with E-state index in [1.165, 1.54) is 18.3 Å². The molecular weight excluding hydrogens is 452 g/mol. The second-order valence-electron chi connectivity index (χ2n) is 9.61. The van der Waals surface area contributed by atoms with Gasteiger partial charge in [-0.15, -0.1) is 4.68 Å². The van der Waals surface area contributed by atoms with Gasteiger partial charge in [-0.05, 0) is 70.1 Å². The molecule has 1 N–H and O–H groups in total. The van der Waals surface area contributed by atoms with E-state index < -0.39 is 5.54 Å². The van der Waals surface area contributed by atoms with Crippen LogP contribution in [0.3, 0.4) is 0 Å². The van der Waals surface area contributed by atoms with Gasteiger partial charge in [0.25, 0.3) is 5.91 Å². The first kappa shape index (κ1) is 25.5. The number of carbonyl (C=O) groups excluding carboxylic acids is 2. The highest BCUT2D eigenvalue weighted by Gasteiger charge is 2.42. The second kappa shape index (κ2) is 9.28. The molecule has 0 radical (unpaired) electrons. The molecule has 2 amide bonds. The van der Waals surface area contributed by atoms with E-state index in [4.69, 9.17) is 0 Å². The zero-order chi connectivity index (χ0) is 25.5. The largest absolute Gasteiger partial charge is 0.431 e. The highest BCUT2D eigenvalue weighted by molar-refractivity contribution is 7.18. The Bertz CT molecular complexity index is 1130. The number of nitrogens with zero attached hydrogens (tertiary/aromatic N) is 7. The molecule has 0 spiro atoms. The van der Waals surface area contributed by atoms with Crippen LogP contribution >= 0.6 is 11.3 Å². The van der Waals surface area contributed by atoms with Crippen LogP contribution in [0.15, 0.2) is 22.4 Å². The van der Waals surface area contributed by atoms with Gasteiger partial charge < -0.3 is 20.0 Å². The van der Waals surface area contributed by atoms with Crippen molar-refractivity contribution in [2.45, 2.75) is 66.1 Å². The predicted molar refractivity (Wildman–Crippen MR) is 137 cm³/mol. The molecule has 1 aromatic heterocycles.